The Hall–Kier alpha value is -3.09. The van der Waals surface area contributed by atoms with Gasteiger partial charge < -0.3 is 49.3 Å². The van der Waals surface area contributed by atoms with Gasteiger partial charge in [-0.2, -0.15) is 0 Å². The van der Waals surface area contributed by atoms with Crippen molar-refractivity contribution in [3.63, 3.8) is 0 Å². The average molecular weight is 436 g/mol. The summed E-state index contributed by atoms with van der Waals surface area (Å²) in [6, 6.07) is 5.05. The minimum Gasteiger partial charge on any atom is -0.504 e. The molecular weight excluding hydrogens is 416 g/mol. The number of phenolic OH excluding ortho intramolecular Hbond substituents is 2. The smallest absolute Gasteiger partial charge is 0.229 e. The fraction of sp³-hybridized carbons (Fsp3) is 0.350. The number of fused-ring (bicyclic) bond motifs is 2. The predicted molar refractivity (Wildman–Crippen MR) is 104 cm³/mol. The predicted octanol–water partition coefficient (Wildman–Crippen LogP) is -0.455. The van der Waals surface area contributed by atoms with E-state index in [1.165, 1.54) is 25.3 Å². The number of methoxy groups -OCH3 is 1. The van der Waals surface area contributed by atoms with Crippen LogP contribution in [0.3, 0.4) is 0 Å². The molecule has 0 radical (unpaired) electrons. The van der Waals surface area contributed by atoms with Crippen LogP contribution in [-0.4, -0.2) is 75.1 Å². The van der Waals surface area contributed by atoms with Crippen molar-refractivity contribution in [2.75, 3.05) is 13.7 Å². The van der Waals surface area contributed by atoms with Gasteiger partial charge in [-0.15, -0.1) is 0 Å². The van der Waals surface area contributed by atoms with Crippen molar-refractivity contribution >= 4 is 21.9 Å². The third kappa shape index (κ3) is 3.42. The molecule has 0 spiro atoms. The molecule has 3 aromatic rings. The van der Waals surface area contributed by atoms with Gasteiger partial charge in [0.1, 0.15) is 46.9 Å². The van der Waals surface area contributed by atoms with Gasteiger partial charge in [0.25, 0.3) is 0 Å². The minimum atomic E-state index is -1.65. The molecule has 11 heteroatoms. The lowest BCUT2D eigenvalue weighted by Crippen LogP contribution is -2.60. The minimum absolute atomic E-state index is 0.00387. The molecule has 31 heavy (non-hydrogen) atoms. The van der Waals surface area contributed by atoms with Gasteiger partial charge >= 0.3 is 0 Å². The average Bonchev–Trinajstić information content (AvgIpc) is 2.76. The molecule has 0 unspecified atom stereocenters. The first-order valence-corrected chi connectivity index (χ1v) is 9.23. The summed E-state index contributed by atoms with van der Waals surface area (Å²) in [6.45, 7) is -0.629. The summed E-state index contributed by atoms with van der Waals surface area (Å²) in [5, 5.41) is 59.1. The third-order valence-electron chi connectivity index (χ3n) is 5.15. The van der Waals surface area contributed by atoms with Crippen molar-refractivity contribution < 1.29 is 49.3 Å². The lowest BCUT2D eigenvalue weighted by molar-refractivity contribution is -0.277. The van der Waals surface area contributed by atoms with Crippen LogP contribution in [0.15, 0.2) is 33.5 Å². The fourth-order valence-electron chi connectivity index (χ4n) is 3.49. The summed E-state index contributed by atoms with van der Waals surface area (Å²) in [5.74, 6) is -1.04. The van der Waals surface area contributed by atoms with Crippen LogP contribution in [0.4, 0.5) is 0 Å². The van der Waals surface area contributed by atoms with Crippen LogP contribution >= 0.6 is 0 Å². The number of aliphatic hydroxyl groups excluding tert-OH is 4. The van der Waals surface area contributed by atoms with Gasteiger partial charge in [-0.25, -0.2) is 0 Å². The Morgan fingerprint density at radius 2 is 1.81 bits per heavy atom. The number of rotatable bonds is 4. The van der Waals surface area contributed by atoms with E-state index in [9.17, 15) is 35.4 Å². The first-order chi connectivity index (χ1) is 14.8. The topological polar surface area (TPSA) is 179 Å². The van der Waals surface area contributed by atoms with E-state index in [0.29, 0.717) is 0 Å². The summed E-state index contributed by atoms with van der Waals surface area (Å²) >= 11 is 0. The Bertz CT molecular complexity index is 1190. The Morgan fingerprint density at radius 1 is 1.06 bits per heavy atom. The SMILES string of the molecule is COc1cc(O[C@@H]2O[C@H](CO)[C@@H](O)[C@H](O)[C@H]2O)cc2oc3c(O)c(O)ccc3c(=O)c12. The number of ether oxygens (including phenoxy) is 3. The van der Waals surface area contributed by atoms with E-state index < -0.39 is 54.2 Å². The highest BCUT2D eigenvalue weighted by Crippen LogP contribution is 2.37. The zero-order valence-electron chi connectivity index (χ0n) is 16.1. The van der Waals surface area contributed by atoms with E-state index in [-0.39, 0.29) is 33.4 Å². The van der Waals surface area contributed by atoms with E-state index in [1.54, 1.807) is 0 Å². The highest BCUT2D eigenvalue weighted by molar-refractivity contribution is 5.96. The second-order valence-electron chi connectivity index (χ2n) is 7.05. The molecule has 166 valence electrons. The summed E-state index contributed by atoms with van der Waals surface area (Å²) < 4.78 is 21.8. The number of aromatic hydroxyl groups is 2. The second-order valence-corrected chi connectivity index (χ2v) is 7.05. The summed E-state index contributed by atoms with van der Waals surface area (Å²) in [4.78, 5) is 12.9. The van der Waals surface area contributed by atoms with Crippen LogP contribution in [0.1, 0.15) is 0 Å². The van der Waals surface area contributed by atoms with Gasteiger partial charge in [-0.05, 0) is 12.1 Å². The maximum atomic E-state index is 12.9. The van der Waals surface area contributed by atoms with E-state index in [1.807, 2.05) is 0 Å². The Balaban J connectivity index is 1.82. The normalized spacial score (nSPS) is 26.3. The van der Waals surface area contributed by atoms with Crippen LogP contribution in [0.5, 0.6) is 23.0 Å². The van der Waals surface area contributed by atoms with E-state index in [2.05, 4.69) is 0 Å². The molecule has 2 heterocycles. The van der Waals surface area contributed by atoms with Crippen LogP contribution in [0.2, 0.25) is 0 Å². The standard InChI is InChI=1S/C20H20O11/c1-28-10-4-7(29-20-18(27)17(26)16(25)12(6-21)31-20)5-11-13(10)14(23)8-2-3-9(22)15(24)19(8)30-11/h2-5,12,16-18,20-22,24-27H,6H2,1H3/t12-,16-,17+,18-,20-/m1/s1. The summed E-state index contributed by atoms with van der Waals surface area (Å²) in [7, 11) is 1.31. The molecule has 1 fully saturated rings. The first kappa shape index (κ1) is 21.2. The van der Waals surface area contributed by atoms with Crippen LogP contribution in [0.25, 0.3) is 21.9 Å². The maximum Gasteiger partial charge on any atom is 0.229 e. The molecule has 6 N–H and O–H groups in total. The molecule has 1 aliphatic heterocycles. The quantitative estimate of drug-likeness (QED) is 0.230. The zero-order valence-corrected chi connectivity index (χ0v) is 16.1. The number of aliphatic hydroxyl groups is 4. The van der Waals surface area contributed by atoms with Crippen LogP contribution in [0, 0.1) is 0 Å². The summed E-state index contributed by atoms with van der Waals surface area (Å²) in [5.41, 5.74) is -0.829. The molecule has 5 atom stereocenters. The fourth-order valence-corrected chi connectivity index (χ4v) is 3.49. The number of benzene rings is 2. The molecule has 1 aliphatic rings. The molecule has 2 aromatic carbocycles. The third-order valence-corrected chi connectivity index (χ3v) is 5.15. The zero-order chi connectivity index (χ0) is 22.4. The molecule has 0 amide bonds. The lowest BCUT2D eigenvalue weighted by atomic mass is 9.99. The van der Waals surface area contributed by atoms with Crippen molar-refractivity contribution in [1.82, 2.24) is 0 Å². The molecular formula is C20H20O11. The van der Waals surface area contributed by atoms with Crippen molar-refractivity contribution in [1.29, 1.82) is 0 Å². The molecule has 1 aromatic heterocycles. The molecule has 0 saturated carbocycles. The van der Waals surface area contributed by atoms with Crippen LogP contribution in [-0.2, 0) is 4.74 Å². The largest absolute Gasteiger partial charge is 0.504 e. The molecule has 0 bridgehead atoms. The Labute approximate surface area is 173 Å². The van der Waals surface area contributed by atoms with E-state index >= 15 is 0 Å². The van der Waals surface area contributed by atoms with Crippen molar-refractivity contribution in [3.05, 3.63) is 34.5 Å². The molecule has 0 aliphatic carbocycles. The Morgan fingerprint density at radius 3 is 2.48 bits per heavy atom. The first-order valence-electron chi connectivity index (χ1n) is 9.23. The van der Waals surface area contributed by atoms with E-state index in [4.69, 9.17) is 18.6 Å². The van der Waals surface area contributed by atoms with E-state index in [0.717, 1.165) is 6.07 Å². The Kier molecular flexibility index (Phi) is 5.37. The maximum absolute atomic E-state index is 12.9. The monoisotopic (exact) mass is 436 g/mol. The second kappa shape index (κ2) is 7.87. The molecule has 1 saturated heterocycles. The lowest BCUT2D eigenvalue weighted by Gasteiger charge is -2.39. The number of hydrogen-bond acceptors (Lipinski definition) is 11. The van der Waals surface area contributed by atoms with Gasteiger partial charge in [0.2, 0.25) is 17.5 Å². The van der Waals surface area contributed by atoms with Gasteiger partial charge in [0, 0.05) is 12.1 Å². The highest BCUT2D eigenvalue weighted by Gasteiger charge is 2.44. The summed E-state index contributed by atoms with van der Waals surface area (Å²) in [6.07, 6.45) is -7.48. The van der Waals surface area contributed by atoms with Gasteiger partial charge in [-0.3, -0.25) is 4.79 Å². The molecule has 11 nitrogen and oxygen atoms in total. The van der Waals surface area contributed by atoms with Gasteiger partial charge in [0.05, 0.1) is 19.1 Å². The van der Waals surface area contributed by atoms with Gasteiger partial charge in [0.15, 0.2) is 11.3 Å². The number of hydrogen-bond donors (Lipinski definition) is 6. The van der Waals surface area contributed by atoms with Gasteiger partial charge in [-0.1, -0.05) is 0 Å². The molecule has 4 rings (SSSR count). The van der Waals surface area contributed by atoms with Crippen molar-refractivity contribution in [2.24, 2.45) is 0 Å². The van der Waals surface area contributed by atoms with Crippen molar-refractivity contribution in [3.8, 4) is 23.0 Å². The highest BCUT2D eigenvalue weighted by atomic mass is 16.7. The number of phenols is 2. The van der Waals surface area contributed by atoms with Crippen LogP contribution < -0.4 is 14.9 Å². The van der Waals surface area contributed by atoms with Crippen molar-refractivity contribution in [2.45, 2.75) is 30.7 Å².